The molecule has 1 aliphatic rings. The van der Waals surface area contributed by atoms with Gasteiger partial charge >= 0.3 is 0 Å². The number of benzene rings is 2. The Kier molecular flexibility index (Phi) is 3.59. The minimum absolute atomic E-state index is 0.404. The van der Waals surface area contributed by atoms with Crippen LogP contribution in [0.25, 0.3) is 0 Å². The van der Waals surface area contributed by atoms with Gasteiger partial charge in [-0.2, -0.15) is 10.1 Å². The van der Waals surface area contributed by atoms with E-state index in [2.05, 4.69) is 20.2 Å². The number of aliphatic imine (C=N–C) groups is 1. The van der Waals surface area contributed by atoms with Crippen LogP contribution in [0, 0.1) is 0 Å². The Morgan fingerprint density at radius 2 is 1.79 bits per heavy atom. The molecule has 0 bridgehead atoms. The molecule has 0 spiro atoms. The van der Waals surface area contributed by atoms with Crippen molar-refractivity contribution in [3.05, 3.63) is 77.1 Å². The molecule has 0 amide bonds. The number of hydrogen-bond acceptors (Lipinski definition) is 5. The first-order chi connectivity index (χ1) is 11.8. The molecule has 7 heteroatoms. The predicted octanol–water partition coefficient (Wildman–Crippen LogP) is 3.49. The largest absolute Gasteiger partial charge is 0.411 e. The number of hydrogen-bond donors (Lipinski definition) is 1. The molecule has 0 saturated heterocycles. The second-order valence-corrected chi connectivity index (χ2v) is 5.71. The summed E-state index contributed by atoms with van der Waals surface area (Å²) in [5, 5.41) is 18.1. The van der Waals surface area contributed by atoms with Crippen molar-refractivity contribution in [2.45, 2.75) is 6.04 Å². The second-order valence-electron chi connectivity index (χ2n) is 5.27. The Morgan fingerprint density at radius 1 is 1.04 bits per heavy atom. The van der Waals surface area contributed by atoms with Crippen molar-refractivity contribution in [2.75, 3.05) is 0 Å². The Labute approximate surface area is 142 Å². The summed E-state index contributed by atoms with van der Waals surface area (Å²) in [5.74, 6) is 0.459. The fourth-order valence-corrected chi connectivity index (χ4v) is 2.89. The van der Waals surface area contributed by atoms with Crippen molar-refractivity contribution in [1.29, 1.82) is 0 Å². The molecule has 3 aromatic rings. The first-order valence-electron chi connectivity index (χ1n) is 7.29. The zero-order valence-corrected chi connectivity index (χ0v) is 13.2. The van der Waals surface area contributed by atoms with Gasteiger partial charge in [-0.25, -0.2) is 9.67 Å². The maximum atomic E-state index is 9.69. The zero-order valence-electron chi connectivity index (χ0n) is 12.4. The third-order valence-electron chi connectivity index (χ3n) is 3.85. The number of aromatic nitrogens is 3. The standard InChI is InChI=1S/C17H12ClN5O/c18-13-8-6-12(7-9-13)16-15(22-24)14(11-4-2-1-3-5-11)21-17-19-10-20-23(16)17/h1-10,16,24H/b22-15+. The van der Waals surface area contributed by atoms with Crippen molar-refractivity contribution in [3.63, 3.8) is 0 Å². The molecular formula is C17H12ClN5O. The smallest absolute Gasteiger partial charge is 0.249 e. The molecule has 1 atom stereocenters. The third-order valence-corrected chi connectivity index (χ3v) is 4.10. The van der Waals surface area contributed by atoms with E-state index in [9.17, 15) is 5.21 Å². The Morgan fingerprint density at radius 3 is 2.50 bits per heavy atom. The fraction of sp³-hybridized carbons (Fsp3) is 0.0588. The molecule has 0 saturated carbocycles. The highest BCUT2D eigenvalue weighted by Crippen LogP contribution is 2.31. The van der Waals surface area contributed by atoms with E-state index in [-0.39, 0.29) is 0 Å². The number of halogens is 1. The highest BCUT2D eigenvalue weighted by atomic mass is 35.5. The van der Waals surface area contributed by atoms with Crippen LogP contribution in [0.5, 0.6) is 0 Å². The maximum Gasteiger partial charge on any atom is 0.249 e. The van der Waals surface area contributed by atoms with Crippen LogP contribution in [0.15, 0.2) is 71.1 Å². The van der Waals surface area contributed by atoms with Gasteiger partial charge in [-0.3, -0.25) is 0 Å². The average molecular weight is 338 g/mol. The lowest BCUT2D eigenvalue weighted by Crippen LogP contribution is -2.32. The van der Waals surface area contributed by atoms with Gasteiger partial charge in [-0.05, 0) is 17.7 Å². The van der Waals surface area contributed by atoms with Crippen LogP contribution >= 0.6 is 11.6 Å². The summed E-state index contributed by atoms with van der Waals surface area (Å²) in [7, 11) is 0. The monoisotopic (exact) mass is 337 g/mol. The van der Waals surface area contributed by atoms with Crippen LogP contribution in [0.1, 0.15) is 17.2 Å². The summed E-state index contributed by atoms with van der Waals surface area (Å²) < 4.78 is 1.63. The van der Waals surface area contributed by atoms with Gasteiger partial charge in [-0.15, -0.1) is 0 Å². The fourth-order valence-electron chi connectivity index (χ4n) is 2.76. The first-order valence-corrected chi connectivity index (χ1v) is 7.67. The van der Waals surface area contributed by atoms with Gasteiger partial charge in [0.25, 0.3) is 0 Å². The molecule has 24 heavy (non-hydrogen) atoms. The maximum absolute atomic E-state index is 9.69. The minimum Gasteiger partial charge on any atom is -0.411 e. The van der Waals surface area contributed by atoms with Gasteiger partial charge in [0, 0.05) is 10.6 Å². The Hall–Kier alpha value is -2.99. The molecule has 0 aliphatic carbocycles. The topological polar surface area (TPSA) is 75.7 Å². The van der Waals surface area contributed by atoms with Crippen LogP contribution in [-0.4, -0.2) is 31.4 Å². The number of rotatable bonds is 2. The lowest BCUT2D eigenvalue weighted by atomic mass is 9.94. The van der Waals surface area contributed by atoms with Crippen LogP contribution in [-0.2, 0) is 0 Å². The van der Waals surface area contributed by atoms with Gasteiger partial charge in [0.15, 0.2) is 0 Å². The van der Waals surface area contributed by atoms with Crippen LogP contribution in [0.2, 0.25) is 5.02 Å². The van der Waals surface area contributed by atoms with E-state index in [1.807, 2.05) is 42.5 Å². The van der Waals surface area contributed by atoms with Crippen molar-refractivity contribution >= 4 is 29.0 Å². The lowest BCUT2D eigenvalue weighted by Gasteiger charge is -2.24. The zero-order chi connectivity index (χ0) is 16.5. The van der Waals surface area contributed by atoms with Crippen LogP contribution in [0.3, 0.4) is 0 Å². The van der Waals surface area contributed by atoms with Crippen molar-refractivity contribution in [2.24, 2.45) is 10.1 Å². The SMILES string of the molecule is O/N=C1\C(c2ccccc2)=Nc2ncnn2C1c1ccc(Cl)cc1. The highest BCUT2D eigenvalue weighted by molar-refractivity contribution is 6.50. The molecule has 118 valence electrons. The van der Waals surface area contributed by atoms with Crippen LogP contribution in [0.4, 0.5) is 5.95 Å². The molecule has 1 aliphatic heterocycles. The van der Waals surface area contributed by atoms with Gasteiger partial charge in [-0.1, -0.05) is 59.2 Å². The number of nitrogens with zero attached hydrogens (tertiary/aromatic N) is 5. The van der Waals surface area contributed by atoms with Crippen molar-refractivity contribution in [1.82, 2.24) is 14.8 Å². The molecule has 2 aromatic carbocycles. The first kappa shape index (κ1) is 14.6. The summed E-state index contributed by atoms with van der Waals surface area (Å²) in [6, 6.07) is 16.4. The molecule has 6 nitrogen and oxygen atoms in total. The van der Waals surface area contributed by atoms with E-state index < -0.39 is 6.04 Å². The van der Waals surface area contributed by atoms with E-state index in [0.29, 0.717) is 22.4 Å². The van der Waals surface area contributed by atoms with E-state index in [1.165, 1.54) is 6.33 Å². The second kappa shape index (κ2) is 5.90. The number of fused-ring (bicyclic) bond motifs is 1. The average Bonchev–Trinajstić information content (AvgIpc) is 3.10. The molecule has 1 aromatic heterocycles. The summed E-state index contributed by atoms with van der Waals surface area (Å²) in [6.07, 6.45) is 1.44. The molecule has 1 N–H and O–H groups in total. The number of oxime groups is 1. The molecule has 0 radical (unpaired) electrons. The summed E-state index contributed by atoms with van der Waals surface area (Å²) >= 11 is 5.99. The molecule has 4 rings (SSSR count). The van der Waals surface area contributed by atoms with E-state index in [0.717, 1.165) is 11.1 Å². The summed E-state index contributed by atoms with van der Waals surface area (Å²) in [5.41, 5.74) is 2.70. The van der Waals surface area contributed by atoms with Gasteiger partial charge in [0.1, 0.15) is 23.8 Å². The van der Waals surface area contributed by atoms with Crippen molar-refractivity contribution < 1.29 is 5.21 Å². The van der Waals surface area contributed by atoms with E-state index in [4.69, 9.17) is 11.6 Å². The molecule has 2 heterocycles. The Balaban J connectivity index is 1.91. The quantitative estimate of drug-likeness (QED) is 0.574. The highest BCUT2D eigenvalue weighted by Gasteiger charge is 2.33. The van der Waals surface area contributed by atoms with Gasteiger partial charge < -0.3 is 5.21 Å². The van der Waals surface area contributed by atoms with E-state index in [1.54, 1.807) is 16.8 Å². The minimum atomic E-state index is -0.433. The van der Waals surface area contributed by atoms with E-state index >= 15 is 0 Å². The van der Waals surface area contributed by atoms with Crippen molar-refractivity contribution in [3.8, 4) is 0 Å². The molecular weight excluding hydrogens is 326 g/mol. The van der Waals surface area contributed by atoms with Gasteiger partial charge in [0.05, 0.1) is 0 Å². The predicted molar refractivity (Wildman–Crippen MR) is 91.5 cm³/mol. The Bertz CT molecular complexity index is 931. The van der Waals surface area contributed by atoms with Crippen LogP contribution < -0.4 is 0 Å². The molecule has 1 unspecified atom stereocenters. The normalized spacial score (nSPS) is 18.3. The lowest BCUT2D eigenvalue weighted by molar-refractivity contribution is 0.316. The molecule has 0 fully saturated rings. The third kappa shape index (κ3) is 2.37. The van der Waals surface area contributed by atoms with Gasteiger partial charge in [0.2, 0.25) is 5.95 Å². The summed E-state index contributed by atoms with van der Waals surface area (Å²) in [4.78, 5) is 8.71. The summed E-state index contributed by atoms with van der Waals surface area (Å²) in [6.45, 7) is 0.